The Morgan fingerprint density at radius 2 is 1.86 bits per heavy atom. The number of carboxylic acids is 1. The van der Waals surface area contributed by atoms with Gasteiger partial charge in [0.05, 0.1) is 6.04 Å². The average Bonchev–Trinajstić information content (AvgIpc) is 3.09. The molecule has 3 atom stereocenters. The molecular weight excluding hydrogens is 374 g/mol. The standard InChI is InChI=1S/C20H29N5O4/c1-12(18(26)25-17(20(28)29)8-4-5-9-21)24-19(27)15(22)10-13-11-23-16-7-3-2-6-14(13)16/h2-3,6-7,11-12,15,17,23H,4-5,8-10,21-22H2,1H3,(H,24,27)(H,25,26)(H,28,29)/t12-,15+,17+/m1/s1. The largest absolute Gasteiger partial charge is 0.480 e. The number of aromatic amines is 1. The summed E-state index contributed by atoms with van der Waals surface area (Å²) in [7, 11) is 0. The fourth-order valence-electron chi connectivity index (χ4n) is 3.06. The number of nitrogens with one attached hydrogen (secondary N) is 3. The number of fused-ring (bicyclic) bond motifs is 1. The molecule has 29 heavy (non-hydrogen) atoms. The summed E-state index contributed by atoms with van der Waals surface area (Å²) in [5.41, 5.74) is 13.3. The Bertz CT molecular complexity index is 850. The predicted octanol–water partition coefficient (Wildman–Crippen LogP) is 0.241. The van der Waals surface area contributed by atoms with Crippen LogP contribution in [0.4, 0.5) is 0 Å². The number of nitrogens with two attached hydrogens (primary N) is 2. The minimum absolute atomic E-state index is 0.277. The maximum atomic E-state index is 12.4. The van der Waals surface area contributed by atoms with Crippen LogP contribution in [0, 0.1) is 0 Å². The maximum absolute atomic E-state index is 12.4. The molecule has 0 radical (unpaired) electrons. The van der Waals surface area contributed by atoms with Gasteiger partial charge in [-0.3, -0.25) is 9.59 Å². The summed E-state index contributed by atoms with van der Waals surface area (Å²) in [6.45, 7) is 1.95. The van der Waals surface area contributed by atoms with Crippen molar-refractivity contribution < 1.29 is 19.5 Å². The van der Waals surface area contributed by atoms with Gasteiger partial charge in [-0.15, -0.1) is 0 Å². The second kappa shape index (κ2) is 10.6. The number of carboxylic acid groups (broad SMARTS) is 1. The van der Waals surface area contributed by atoms with Crippen molar-refractivity contribution in [3.8, 4) is 0 Å². The molecule has 9 heteroatoms. The van der Waals surface area contributed by atoms with Gasteiger partial charge in [-0.1, -0.05) is 18.2 Å². The molecule has 8 N–H and O–H groups in total. The maximum Gasteiger partial charge on any atom is 0.326 e. The Balaban J connectivity index is 1.89. The van der Waals surface area contributed by atoms with Crippen molar-refractivity contribution in [1.82, 2.24) is 15.6 Å². The summed E-state index contributed by atoms with van der Waals surface area (Å²) in [5.74, 6) is -2.17. The highest BCUT2D eigenvalue weighted by molar-refractivity contribution is 5.92. The van der Waals surface area contributed by atoms with E-state index in [2.05, 4.69) is 15.6 Å². The molecular formula is C20H29N5O4. The van der Waals surface area contributed by atoms with Crippen LogP contribution in [0.15, 0.2) is 30.5 Å². The monoisotopic (exact) mass is 403 g/mol. The lowest BCUT2D eigenvalue weighted by Crippen LogP contribution is -2.53. The van der Waals surface area contributed by atoms with Gasteiger partial charge in [0, 0.05) is 17.1 Å². The lowest BCUT2D eigenvalue weighted by atomic mass is 10.0. The van der Waals surface area contributed by atoms with Crippen molar-refractivity contribution >= 4 is 28.7 Å². The number of hydrogen-bond donors (Lipinski definition) is 6. The van der Waals surface area contributed by atoms with Gasteiger partial charge in [-0.2, -0.15) is 0 Å². The third-order valence-corrected chi connectivity index (χ3v) is 4.77. The zero-order valence-corrected chi connectivity index (χ0v) is 16.5. The first-order chi connectivity index (χ1) is 13.8. The topological polar surface area (TPSA) is 163 Å². The zero-order chi connectivity index (χ0) is 21.4. The lowest BCUT2D eigenvalue weighted by Gasteiger charge is -2.20. The Hall–Kier alpha value is -2.91. The fourth-order valence-corrected chi connectivity index (χ4v) is 3.06. The Kier molecular flexibility index (Phi) is 8.17. The number of rotatable bonds is 11. The first-order valence-corrected chi connectivity index (χ1v) is 9.67. The molecule has 2 aromatic rings. The van der Waals surface area contributed by atoms with E-state index in [0.717, 1.165) is 16.5 Å². The van der Waals surface area contributed by atoms with Gasteiger partial charge < -0.3 is 32.2 Å². The van der Waals surface area contributed by atoms with Gasteiger partial charge in [-0.05, 0) is 50.8 Å². The lowest BCUT2D eigenvalue weighted by molar-refractivity contribution is -0.142. The average molecular weight is 403 g/mol. The van der Waals surface area contributed by atoms with Crippen molar-refractivity contribution in [2.24, 2.45) is 11.5 Å². The molecule has 2 rings (SSSR count). The van der Waals surface area contributed by atoms with Gasteiger partial charge in [0.2, 0.25) is 11.8 Å². The molecule has 1 heterocycles. The summed E-state index contributed by atoms with van der Waals surface area (Å²) in [6, 6.07) is 4.92. The van der Waals surface area contributed by atoms with E-state index >= 15 is 0 Å². The van der Waals surface area contributed by atoms with Gasteiger partial charge in [0.15, 0.2) is 0 Å². The molecule has 0 saturated heterocycles. The van der Waals surface area contributed by atoms with Crippen molar-refractivity contribution in [2.75, 3.05) is 6.54 Å². The molecule has 9 nitrogen and oxygen atoms in total. The normalized spacial score (nSPS) is 14.2. The van der Waals surface area contributed by atoms with E-state index in [9.17, 15) is 19.5 Å². The molecule has 0 fully saturated rings. The number of aliphatic carboxylic acids is 1. The quantitative estimate of drug-likeness (QED) is 0.294. The second-order valence-corrected chi connectivity index (χ2v) is 7.08. The number of H-pyrrole nitrogens is 1. The number of amides is 2. The molecule has 1 aromatic carbocycles. The number of carbonyl (C=O) groups excluding carboxylic acids is 2. The van der Waals surface area contributed by atoms with Crippen LogP contribution in [0.5, 0.6) is 0 Å². The fraction of sp³-hybridized carbons (Fsp3) is 0.450. The number of unbranched alkanes of at least 4 members (excludes halogenated alkanes) is 1. The summed E-state index contributed by atoms with van der Waals surface area (Å²) in [4.78, 5) is 39.1. The van der Waals surface area contributed by atoms with Gasteiger partial charge in [-0.25, -0.2) is 4.79 Å². The van der Waals surface area contributed by atoms with Crippen LogP contribution < -0.4 is 22.1 Å². The number of benzene rings is 1. The van der Waals surface area contributed by atoms with E-state index in [-0.39, 0.29) is 6.42 Å². The number of para-hydroxylation sites is 1. The van der Waals surface area contributed by atoms with Crippen LogP contribution in [0.1, 0.15) is 31.7 Å². The smallest absolute Gasteiger partial charge is 0.326 e. The summed E-state index contributed by atoms with van der Waals surface area (Å²) in [5, 5.41) is 15.2. The molecule has 0 spiro atoms. The first-order valence-electron chi connectivity index (χ1n) is 9.67. The van der Waals surface area contributed by atoms with Crippen LogP contribution in [0.2, 0.25) is 0 Å². The SMILES string of the molecule is C[C@@H](NC(=O)[C@@H](N)Cc1c[nH]c2ccccc12)C(=O)N[C@@H](CCCCN)C(=O)O. The first kappa shape index (κ1) is 22.4. The molecule has 0 aliphatic heterocycles. The van der Waals surface area contributed by atoms with E-state index in [1.165, 1.54) is 6.92 Å². The van der Waals surface area contributed by atoms with Crippen LogP contribution >= 0.6 is 0 Å². The molecule has 2 amide bonds. The Morgan fingerprint density at radius 1 is 1.14 bits per heavy atom. The predicted molar refractivity (Wildman–Crippen MR) is 110 cm³/mol. The van der Waals surface area contributed by atoms with Gasteiger partial charge in [0.25, 0.3) is 0 Å². The molecule has 0 unspecified atom stereocenters. The van der Waals surface area contributed by atoms with Crippen molar-refractivity contribution in [2.45, 2.75) is 50.7 Å². The van der Waals surface area contributed by atoms with Crippen LogP contribution in [0.3, 0.4) is 0 Å². The van der Waals surface area contributed by atoms with Gasteiger partial charge >= 0.3 is 5.97 Å². The third-order valence-electron chi connectivity index (χ3n) is 4.77. The highest BCUT2D eigenvalue weighted by atomic mass is 16.4. The van der Waals surface area contributed by atoms with E-state index in [1.54, 1.807) is 0 Å². The van der Waals surface area contributed by atoms with Crippen molar-refractivity contribution in [1.29, 1.82) is 0 Å². The van der Waals surface area contributed by atoms with E-state index in [4.69, 9.17) is 11.5 Å². The number of aromatic nitrogens is 1. The van der Waals surface area contributed by atoms with Crippen molar-refractivity contribution in [3.63, 3.8) is 0 Å². The van der Waals surface area contributed by atoms with E-state index < -0.39 is 35.9 Å². The van der Waals surface area contributed by atoms with Crippen LogP contribution in [0.25, 0.3) is 10.9 Å². The summed E-state index contributed by atoms with van der Waals surface area (Å²) < 4.78 is 0. The second-order valence-electron chi connectivity index (χ2n) is 7.08. The Labute approximate surface area is 169 Å². The number of carbonyl (C=O) groups is 3. The number of hydrogen-bond acceptors (Lipinski definition) is 5. The Morgan fingerprint density at radius 3 is 2.55 bits per heavy atom. The molecule has 0 saturated carbocycles. The van der Waals surface area contributed by atoms with Crippen LogP contribution in [-0.4, -0.2) is 52.5 Å². The van der Waals surface area contributed by atoms with E-state index in [0.29, 0.717) is 25.8 Å². The molecule has 158 valence electrons. The zero-order valence-electron chi connectivity index (χ0n) is 16.5. The minimum Gasteiger partial charge on any atom is -0.480 e. The molecule has 0 bridgehead atoms. The van der Waals surface area contributed by atoms with E-state index in [1.807, 2.05) is 30.5 Å². The summed E-state index contributed by atoms with van der Waals surface area (Å²) >= 11 is 0. The van der Waals surface area contributed by atoms with Crippen molar-refractivity contribution in [3.05, 3.63) is 36.0 Å². The third kappa shape index (κ3) is 6.30. The van der Waals surface area contributed by atoms with Gasteiger partial charge in [0.1, 0.15) is 12.1 Å². The highest BCUT2D eigenvalue weighted by Crippen LogP contribution is 2.18. The summed E-state index contributed by atoms with van der Waals surface area (Å²) in [6.07, 6.45) is 3.66. The van der Waals surface area contributed by atoms with Crippen LogP contribution in [-0.2, 0) is 20.8 Å². The molecule has 1 aromatic heterocycles. The highest BCUT2D eigenvalue weighted by Gasteiger charge is 2.25. The molecule has 0 aliphatic rings. The molecule has 0 aliphatic carbocycles. The minimum atomic E-state index is -1.12.